The van der Waals surface area contributed by atoms with Gasteiger partial charge in [0.15, 0.2) is 0 Å². The molecule has 1 aliphatic carbocycles. The van der Waals surface area contributed by atoms with Gasteiger partial charge in [-0.1, -0.05) is 31.4 Å². The molecule has 0 atom stereocenters. The van der Waals surface area contributed by atoms with Crippen LogP contribution >= 0.6 is 0 Å². The van der Waals surface area contributed by atoms with Gasteiger partial charge in [-0.15, -0.1) is 0 Å². The second-order valence-electron chi connectivity index (χ2n) is 6.82. The number of rotatable bonds is 8. The van der Waals surface area contributed by atoms with E-state index in [4.69, 9.17) is 5.11 Å². The van der Waals surface area contributed by atoms with E-state index in [2.05, 4.69) is 0 Å². The number of carboxylic acids is 1. The molecule has 0 unspecified atom stereocenters. The zero-order valence-corrected chi connectivity index (χ0v) is 14.8. The van der Waals surface area contributed by atoms with Crippen LogP contribution in [0.4, 0.5) is 4.39 Å². The average Bonchev–Trinajstić information content (AvgIpc) is 2.60. The molecular formula is C19H27FN2O3. The zero-order chi connectivity index (χ0) is 18.2. The summed E-state index contributed by atoms with van der Waals surface area (Å²) in [6, 6.07) is 6.47. The number of amides is 1. The van der Waals surface area contributed by atoms with E-state index in [1.807, 2.05) is 4.90 Å². The molecule has 0 aromatic heterocycles. The third-order valence-electron chi connectivity index (χ3n) is 4.71. The lowest BCUT2D eigenvalue weighted by Gasteiger charge is -2.35. The predicted molar refractivity (Wildman–Crippen MR) is 93.6 cm³/mol. The minimum atomic E-state index is -0.866. The molecule has 2 rings (SSSR count). The highest BCUT2D eigenvalue weighted by Gasteiger charge is 2.26. The van der Waals surface area contributed by atoms with Gasteiger partial charge < -0.3 is 10.0 Å². The number of carboxylic acid groups (broad SMARTS) is 1. The molecule has 1 saturated carbocycles. The van der Waals surface area contributed by atoms with Gasteiger partial charge in [-0.2, -0.15) is 0 Å². The number of likely N-dealkylation sites (N-methyl/N-ethyl adjacent to an activating group) is 1. The summed E-state index contributed by atoms with van der Waals surface area (Å²) in [6.45, 7) is 1.01. The van der Waals surface area contributed by atoms with Crippen molar-refractivity contribution in [2.45, 2.75) is 51.1 Å². The van der Waals surface area contributed by atoms with Gasteiger partial charge in [-0.3, -0.25) is 14.5 Å². The quantitative estimate of drug-likeness (QED) is 0.783. The van der Waals surface area contributed by atoms with E-state index < -0.39 is 5.97 Å². The molecule has 0 aliphatic heterocycles. The summed E-state index contributed by atoms with van der Waals surface area (Å²) in [5.74, 6) is -1.15. The Morgan fingerprint density at radius 3 is 2.40 bits per heavy atom. The Bertz CT molecular complexity index is 571. The fourth-order valence-corrected chi connectivity index (χ4v) is 3.29. The van der Waals surface area contributed by atoms with E-state index in [-0.39, 0.29) is 30.7 Å². The highest BCUT2D eigenvalue weighted by molar-refractivity contribution is 5.78. The summed E-state index contributed by atoms with van der Waals surface area (Å²) in [5.41, 5.74) is 0.911. The Kier molecular flexibility index (Phi) is 7.37. The maximum Gasteiger partial charge on any atom is 0.304 e. The fraction of sp³-hybridized carbons (Fsp3) is 0.579. The standard InChI is InChI=1S/C19H27FN2O3/c1-21(12-11-19(24)25)14-18(23)22(17-5-3-2-4-6-17)13-15-7-9-16(20)10-8-15/h7-10,17H,2-6,11-14H2,1H3,(H,24,25). The van der Waals surface area contributed by atoms with Crippen LogP contribution in [0.5, 0.6) is 0 Å². The minimum absolute atomic E-state index is 0.00381. The van der Waals surface area contributed by atoms with Crippen LogP contribution in [-0.4, -0.2) is 53.0 Å². The molecule has 0 spiro atoms. The fourth-order valence-electron chi connectivity index (χ4n) is 3.29. The molecule has 25 heavy (non-hydrogen) atoms. The van der Waals surface area contributed by atoms with Crippen LogP contribution in [0.15, 0.2) is 24.3 Å². The lowest BCUT2D eigenvalue weighted by molar-refractivity contribution is -0.139. The molecule has 0 heterocycles. The van der Waals surface area contributed by atoms with Crippen LogP contribution in [0.25, 0.3) is 0 Å². The highest BCUT2D eigenvalue weighted by atomic mass is 19.1. The van der Waals surface area contributed by atoms with Gasteiger partial charge in [0.2, 0.25) is 5.91 Å². The van der Waals surface area contributed by atoms with E-state index in [1.54, 1.807) is 24.1 Å². The van der Waals surface area contributed by atoms with Crippen LogP contribution in [0, 0.1) is 5.82 Å². The molecule has 1 aliphatic rings. The summed E-state index contributed by atoms with van der Waals surface area (Å²) < 4.78 is 13.1. The van der Waals surface area contributed by atoms with Crippen molar-refractivity contribution in [1.82, 2.24) is 9.80 Å². The summed E-state index contributed by atoms with van der Waals surface area (Å²) in [4.78, 5) is 27.2. The smallest absolute Gasteiger partial charge is 0.304 e. The molecular weight excluding hydrogens is 323 g/mol. The Morgan fingerprint density at radius 2 is 1.80 bits per heavy atom. The molecule has 1 fully saturated rings. The zero-order valence-electron chi connectivity index (χ0n) is 14.8. The molecule has 5 nitrogen and oxygen atoms in total. The highest BCUT2D eigenvalue weighted by Crippen LogP contribution is 2.24. The van der Waals surface area contributed by atoms with Gasteiger partial charge in [0.25, 0.3) is 0 Å². The predicted octanol–water partition coefficient (Wildman–Crippen LogP) is 2.89. The summed E-state index contributed by atoms with van der Waals surface area (Å²) in [5, 5.41) is 8.77. The third-order valence-corrected chi connectivity index (χ3v) is 4.71. The molecule has 0 radical (unpaired) electrons. The molecule has 1 aromatic carbocycles. The first kappa shape index (κ1) is 19.4. The normalized spacial score (nSPS) is 15.3. The van der Waals surface area contributed by atoms with Crippen molar-refractivity contribution in [3.8, 4) is 0 Å². The van der Waals surface area contributed by atoms with Gasteiger partial charge in [0, 0.05) is 19.1 Å². The van der Waals surface area contributed by atoms with Crippen molar-refractivity contribution < 1.29 is 19.1 Å². The molecule has 1 aromatic rings. The first-order valence-corrected chi connectivity index (χ1v) is 8.90. The molecule has 6 heteroatoms. The number of halogens is 1. The maximum atomic E-state index is 13.1. The van der Waals surface area contributed by atoms with Crippen molar-refractivity contribution in [1.29, 1.82) is 0 Å². The number of nitrogens with zero attached hydrogens (tertiary/aromatic N) is 2. The average molecular weight is 350 g/mol. The number of carbonyl (C=O) groups excluding carboxylic acids is 1. The number of benzene rings is 1. The van der Waals surface area contributed by atoms with Gasteiger partial charge in [-0.25, -0.2) is 4.39 Å². The molecule has 1 amide bonds. The van der Waals surface area contributed by atoms with Crippen molar-refractivity contribution >= 4 is 11.9 Å². The van der Waals surface area contributed by atoms with E-state index >= 15 is 0 Å². The van der Waals surface area contributed by atoms with Crippen LogP contribution in [-0.2, 0) is 16.1 Å². The number of hydrogen-bond acceptors (Lipinski definition) is 3. The van der Waals surface area contributed by atoms with Crippen LogP contribution in [0.2, 0.25) is 0 Å². The Balaban J connectivity index is 2.03. The van der Waals surface area contributed by atoms with Gasteiger partial charge >= 0.3 is 5.97 Å². The van der Waals surface area contributed by atoms with Crippen molar-refractivity contribution in [3.63, 3.8) is 0 Å². The largest absolute Gasteiger partial charge is 0.481 e. The van der Waals surface area contributed by atoms with Crippen LogP contribution in [0.1, 0.15) is 44.1 Å². The second kappa shape index (κ2) is 9.51. The first-order chi connectivity index (χ1) is 12.0. The SMILES string of the molecule is CN(CCC(=O)O)CC(=O)N(Cc1ccc(F)cc1)C1CCCCC1. The van der Waals surface area contributed by atoms with Gasteiger partial charge in [-0.05, 0) is 37.6 Å². The number of carbonyl (C=O) groups is 2. The van der Waals surface area contributed by atoms with E-state index in [9.17, 15) is 14.0 Å². The Morgan fingerprint density at radius 1 is 1.16 bits per heavy atom. The number of hydrogen-bond donors (Lipinski definition) is 1. The topological polar surface area (TPSA) is 60.9 Å². The van der Waals surface area contributed by atoms with Gasteiger partial charge in [0.05, 0.1) is 13.0 Å². The van der Waals surface area contributed by atoms with Crippen LogP contribution in [0.3, 0.4) is 0 Å². The maximum absolute atomic E-state index is 13.1. The molecule has 138 valence electrons. The second-order valence-corrected chi connectivity index (χ2v) is 6.82. The summed E-state index contributed by atoms with van der Waals surface area (Å²) in [7, 11) is 1.76. The Hall–Kier alpha value is -1.95. The first-order valence-electron chi connectivity index (χ1n) is 8.90. The van der Waals surface area contributed by atoms with E-state index in [1.165, 1.54) is 18.6 Å². The van der Waals surface area contributed by atoms with Crippen molar-refractivity contribution in [2.24, 2.45) is 0 Å². The van der Waals surface area contributed by atoms with E-state index in [0.29, 0.717) is 13.1 Å². The minimum Gasteiger partial charge on any atom is -0.481 e. The third kappa shape index (κ3) is 6.46. The van der Waals surface area contributed by atoms with Crippen molar-refractivity contribution in [3.05, 3.63) is 35.6 Å². The van der Waals surface area contributed by atoms with E-state index in [0.717, 1.165) is 31.2 Å². The summed E-state index contributed by atoms with van der Waals surface area (Å²) >= 11 is 0. The van der Waals surface area contributed by atoms with Gasteiger partial charge in [0.1, 0.15) is 5.82 Å². The monoisotopic (exact) mass is 350 g/mol. The van der Waals surface area contributed by atoms with Crippen molar-refractivity contribution in [2.75, 3.05) is 20.1 Å². The number of aliphatic carboxylic acids is 1. The molecule has 0 saturated heterocycles. The Labute approximate surface area is 148 Å². The summed E-state index contributed by atoms with van der Waals surface area (Å²) in [6.07, 6.45) is 5.44. The molecule has 0 bridgehead atoms. The molecule has 1 N–H and O–H groups in total. The van der Waals surface area contributed by atoms with Crippen LogP contribution < -0.4 is 0 Å². The lowest BCUT2D eigenvalue weighted by atomic mass is 9.93. The lowest BCUT2D eigenvalue weighted by Crippen LogP contribution is -2.45.